The number of hydrogen-bond acceptors (Lipinski definition) is 7. The molecule has 0 saturated carbocycles. The minimum atomic E-state index is -0.332. The van der Waals surface area contributed by atoms with Gasteiger partial charge in [-0.1, -0.05) is 29.9 Å². The number of ether oxygens (including phenoxy) is 1. The van der Waals surface area contributed by atoms with E-state index in [0.29, 0.717) is 32.7 Å². The van der Waals surface area contributed by atoms with Crippen LogP contribution in [-0.2, 0) is 6.42 Å². The van der Waals surface area contributed by atoms with E-state index >= 15 is 0 Å². The SMILES string of the molecule is CCc1nnc(NC(=O)c2cnc(C)cc2-c2cc(Cl)ncc2OC)s1. The third-order valence-electron chi connectivity index (χ3n) is 3.62. The highest BCUT2D eigenvalue weighted by Gasteiger charge is 2.19. The third kappa shape index (κ3) is 3.81. The predicted molar refractivity (Wildman–Crippen MR) is 101 cm³/mol. The van der Waals surface area contributed by atoms with Gasteiger partial charge in [0.05, 0.1) is 18.9 Å². The maximum Gasteiger partial charge on any atom is 0.259 e. The van der Waals surface area contributed by atoms with Gasteiger partial charge in [0.15, 0.2) is 0 Å². The maximum atomic E-state index is 12.8. The molecule has 0 saturated heterocycles. The van der Waals surface area contributed by atoms with Crippen LogP contribution >= 0.6 is 22.9 Å². The van der Waals surface area contributed by atoms with Crippen molar-refractivity contribution in [1.29, 1.82) is 0 Å². The molecule has 0 aliphatic heterocycles. The lowest BCUT2D eigenvalue weighted by Gasteiger charge is -2.13. The zero-order chi connectivity index (χ0) is 18.7. The number of anilines is 1. The van der Waals surface area contributed by atoms with Gasteiger partial charge in [0, 0.05) is 23.0 Å². The molecule has 134 valence electrons. The summed E-state index contributed by atoms with van der Waals surface area (Å²) in [7, 11) is 1.54. The Hall–Kier alpha value is -2.58. The normalized spacial score (nSPS) is 10.6. The molecule has 1 amide bonds. The van der Waals surface area contributed by atoms with E-state index in [2.05, 4.69) is 25.5 Å². The van der Waals surface area contributed by atoms with E-state index in [0.717, 1.165) is 17.1 Å². The fourth-order valence-electron chi connectivity index (χ4n) is 2.37. The summed E-state index contributed by atoms with van der Waals surface area (Å²) >= 11 is 7.38. The average molecular weight is 390 g/mol. The Balaban J connectivity index is 2.03. The number of carbonyl (C=O) groups excluding carboxylic acids is 1. The van der Waals surface area contributed by atoms with E-state index in [1.165, 1.54) is 30.8 Å². The molecule has 0 atom stereocenters. The Kier molecular flexibility index (Phi) is 5.43. The predicted octanol–water partition coefficient (Wildman–Crippen LogP) is 3.78. The summed E-state index contributed by atoms with van der Waals surface area (Å²) in [4.78, 5) is 21.1. The van der Waals surface area contributed by atoms with E-state index in [-0.39, 0.29) is 5.91 Å². The molecule has 3 rings (SSSR count). The van der Waals surface area contributed by atoms with Gasteiger partial charge in [-0.25, -0.2) is 4.98 Å². The lowest BCUT2D eigenvalue weighted by atomic mass is 10.0. The molecule has 26 heavy (non-hydrogen) atoms. The number of hydrogen-bond donors (Lipinski definition) is 1. The van der Waals surface area contributed by atoms with Gasteiger partial charge in [0.1, 0.15) is 15.9 Å². The molecule has 1 N–H and O–H groups in total. The van der Waals surface area contributed by atoms with Gasteiger partial charge >= 0.3 is 0 Å². The van der Waals surface area contributed by atoms with Crippen LogP contribution in [0.3, 0.4) is 0 Å². The molecule has 0 aliphatic rings. The minimum Gasteiger partial charge on any atom is -0.494 e. The van der Waals surface area contributed by atoms with E-state index in [1.54, 1.807) is 12.1 Å². The lowest BCUT2D eigenvalue weighted by molar-refractivity contribution is 0.102. The minimum absolute atomic E-state index is 0.304. The molecule has 0 spiro atoms. The molecule has 3 heterocycles. The van der Waals surface area contributed by atoms with E-state index < -0.39 is 0 Å². The number of nitrogens with one attached hydrogen (secondary N) is 1. The number of rotatable bonds is 5. The second-order valence-electron chi connectivity index (χ2n) is 5.39. The molecular weight excluding hydrogens is 374 g/mol. The molecule has 3 aromatic rings. The number of methoxy groups -OCH3 is 1. The first kappa shape index (κ1) is 18.2. The van der Waals surface area contributed by atoms with E-state index in [9.17, 15) is 4.79 Å². The van der Waals surface area contributed by atoms with Gasteiger partial charge in [-0.15, -0.1) is 10.2 Å². The summed E-state index contributed by atoms with van der Waals surface area (Å²) in [6.07, 6.45) is 3.81. The summed E-state index contributed by atoms with van der Waals surface area (Å²) in [6, 6.07) is 3.47. The first-order valence-electron chi connectivity index (χ1n) is 7.82. The smallest absolute Gasteiger partial charge is 0.259 e. The number of pyridine rings is 2. The molecule has 0 aromatic carbocycles. The Morgan fingerprint density at radius 3 is 2.73 bits per heavy atom. The Morgan fingerprint density at radius 1 is 1.23 bits per heavy atom. The standard InChI is InChI=1S/C17H16ClN5O2S/c1-4-15-22-23-17(26-15)21-16(24)12-7-19-9(2)5-10(12)11-6-14(18)20-8-13(11)25-3/h5-8H,4H2,1-3H3,(H,21,23,24). The van der Waals surface area contributed by atoms with Gasteiger partial charge < -0.3 is 4.74 Å². The van der Waals surface area contributed by atoms with Crippen molar-refractivity contribution in [2.45, 2.75) is 20.3 Å². The van der Waals surface area contributed by atoms with Crippen molar-refractivity contribution in [3.05, 3.63) is 45.9 Å². The molecular formula is C17H16ClN5O2S. The molecule has 0 fully saturated rings. The summed E-state index contributed by atoms with van der Waals surface area (Å²) in [5, 5.41) is 12.4. The third-order valence-corrected chi connectivity index (χ3v) is 4.81. The van der Waals surface area contributed by atoms with Crippen LogP contribution in [0.4, 0.5) is 5.13 Å². The highest BCUT2D eigenvalue weighted by molar-refractivity contribution is 7.15. The number of nitrogens with zero attached hydrogens (tertiary/aromatic N) is 4. The molecule has 0 unspecified atom stereocenters. The van der Waals surface area contributed by atoms with Crippen LogP contribution in [0.15, 0.2) is 24.5 Å². The largest absolute Gasteiger partial charge is 0.494 e. The van der Waals surface area contributed by atoms with Gasteiger partial charge in [-0.3, -0.25) is 15.1 Å². The van der Waals surface area contributed by atoms with Gasteiger partial charge in [-0.2, -0.15) is 0 Å². The van der Waals surface area contributed by atoms with Crippen LogP contribution in [0.2, 0.25) is 5.15 Å². The summed E-state index contributed by atoms with van der Waals surface area (Å²) in [5.74, 6) is 0.180. The highest BCUT2D eigenvalue weighted by atomic mass is 35.5. The highest BCUT2D eigenvalue weighted by Crippen LogP contribution is 2.34. The number of carbonyl (C=O) groups is 1. The molecule has 3 aromatic heterocycles. The number of halogens is 1. The lowest BCUT2D eigenvalue weighted by Crippen LogP contribution is -2.14. The fourth-order valence-corrected chi connectivity index (χ4v) is 3.20. The number of aryl methyl sites for hydroxylation is 2. The van der Waals surface area contributed by atoms with Gasteiger partial charge in [0.2, 0.25) is 5.13 Å². The molecule has 9 heteroatoms. The first-order valence-corrected chi connectivity index (χ1v) is 9.01. The summed E-state index contributed by atoms with van der Waals surface area (Å²) in [5.41, 5.74) is 2.45. The molecule has 0 radical (unpaired) electrons. The Morgan fingerprint density at radius 2 is 2.04 bits per heavy atom. The van der Waals surface area contributed by atoms with Crippen LogP contribution in [-0.4, -0.2) is 33.2 Å². The van der Waals surface area contributed by atoms with Crippen LogP contribution < -0.4 is 10.1 Å². The zero-order valence-corrected chi connectivity index (χ0v) is 16.0. The second-order valence-corrected chi connectivity index (χ2v) is 6.84. The van der Waals surface area contributed by atoms with Crippen molar-refractivity contribution >= 4 is 34.0 Å². The molecule has 7 nitrogen and oxygen atoms in total. The summed E-state index contributed by atoms with van der Waals surface area (Å²) < 4.78 is 5.37. The maximum absolute atomic E-state index is 12.8. The summed E-state index contributed by atoms with van der Waals surface area (Å²) in [6.45, 7) is 3.83. The quantitative estimate of drug-likeness (QED) is 0.668. The van der Waals surface area contributed by atoms with E-state index in [1.807, 2.05) is 13.8 Å². The van der Waals surface area contributed by atoms with Crippen LogP contribution in [0.5, 0.6) is 5.75 Å². The van der Waals surface area contributed by atoms with Crippen molar-refractivity contribution in [3.8, 4) is 16.9 Å². The first-order chi connectivity index (χ1) is 12.5. The average Bonchev–Trinajstić information content (AvgIpc) is 3.09. The number of amides is 1. The second kappa shape index (κ2) is 7.76. The number of aromatic nitrogens is 4. The molecule has 0 aliphatic carbocycles. The van der Waals surface area contributed by atoms with Crippen LogP contribution in [0, 0.1) is 6.92 Å². The van der Waals surface area contributed by atoms with Crippen molar-refractivity contribution in [2.24, 2.45) is 0 Å². The van der Waals surface area contributed by atoms with E-state index in [4.69, 9.17) is 16.3 Å². The van der Waals surface area contributed by atoms with Crippen molar-refractivity contribution in [2.75, 3.05) is 12.4 Å². The van der Waals surface area contributed by atoms with Crippen LogP contribution in [0.1, 0.15) is 28.0 Å². The topological polar surface area (TPSA) is 89.9 Å². The molecule has 0 bridgehead atoms. The van der Waals surface area contributed by atoms with Crippen LogP contribution in [0.25, 0.3) is 11.1 Å². The van der Waals surface area contributed by atoms with Crippen molar-refractivity contribution < 1.29 is 9.53 Å². The Bertz CT molecular complexity index is 960. The fraction of sp³-hybridized carbons (Fsp3) is 0.235. The Labute approximate surface area is 159 Å². The zero-order valence-electron chi connectivity index (χ0n) is 14.4. The van der Waals surface area contributed by atoms with Crippen molar-refractivity contribution in [1.82, 2.24) is 20.2 Å². The monoisotopic (exact) mass is 389 g/mol. The van der Waals surface area contributed by atoms with Gasteiger partial charge in [0.25, 0.3) is 5.91 Å². The van der Waals surface area contributed by atoms with Crippen molar-refractivity contribution in [3.63, 3.8) is 0 Å². The van der Waals surface area contributed by atoms with Gasteiger partial charge in [-0.05, 0) is 25.5 Å².